The number of hydrogen-bond acceptors (Lipinski definition) is 6. The summed E-state index contributed by atoms with van der Waals surface area (Å²) >= 11 is 0. The van der Waals surface area contributed by atoms with Crippen LogP contribution in [-0.2, 0) is 14.8 Å². The number of amides is 1. The van der Waals surface area contributed by atoms with Gasteiger partial charge in [0.25, 0.3) is 0 Å². The van der Waals surface area contributed by atoms with Crippen molar-refractivity contribution in [2.75, 3.05) is 32.8 Å². The van der Waals surface area contributed by atoms with Crippen LogP contribution in [0.3, 0.4) is 0 Å². The van der Waals surface area contributed by atoms with Crippen molar-refractivity contribution in [3.05, 3.63) is 47.4 Å². The van der Waals surface area contributed by atoms with Gasteiger partial charge in [-0.05, 0) is 44.5 Å². The Labute approximate surface area is 170 Å². The summed E-state index contributed by atoms with van der Waals surface area (Å²) in [6, 6.07) is 7.46. The summed E-state index contributed by atoms with van der Waals surface area (Å²) in [7, 11) is -3.68. The first-order valence-electron chi connectivity index (χ1n) is 9.45. The van der Waals surface area contributed by atoms with Crippen molar-refractivity contribution in [2.24, 2.45) is 0 Å². The number of nitrogens with zero attached hydrogens (tertiary/aromatic N) is 3. The Morgan fingerprint density at radius 2 is 1.83 bits per heavy atom. The molecule has 1 fully saturated rings. The molecule has 0 aliphatic carbocycles. The van der Waals surface area contributed by atoms with E-state index in [9.17, 15) is 13.2 Å². The Kier molecular flexibility index (Phi) is 6.39. The molecule has 0 unspecified atom stereocenters. The minimum atomic E-state index is -3.68. The molecule has 0 bridgehead atoms. The molecule has 3 rings (SSSR count). The smallest absolute Gasteiger partial charge is 0.248 e. The van der Waals surface area contributed by atoms with Gasteiger partial charge in [-0.25, -0.2) is 8.42 Å². The fourth-order valence-electron chi connectivity index (χ4n) is 3.24. The van der Waals surface area contributed by atoms with Gasteiger partial charge in [0.2, 0.25) is 15.9 Å². The lowest BCUT2D eigenvalue weighted by molar-refractivity contribution is -0.127. The molecule has 9 heteroatoms. The Morgan fingerprint density at radius 1 is 1.17 bits per heavy atom. The van der Waals surface area contributed by atoms with Crippen molar-refractivity contribution in [1.82, 2.24) is 14.4 Å². The summed E-state index contributed by atoms with van der Waals surface area (Å²) in [4.78, 5) is 14.2. The number of aryl methyl sites for hydroxylation is 2. The summed E-state index contributed by atoms with van der Waals surface area (Å²) in [5.41, 5.74) is 1.24. The fraction of sp³-hybridized carbons (Fsp3) is 0.400. The van der Waals surface area contributed by atoms with Gasteiger partial charge in [-0.3, -0.25) is 4.79 Å². The van der Waals surface area contributed by atoms with E-state index in [1.54, 1.807) is 24.8 Å². The first-order chi connectivity index (χ1) is 13.8. The molecule has 1 saturated heterocycles. The van der Waals surface area contributed by atoms with Crippen LogP contribution in [0.25, 0.3) is 6.08 Å². The van der Waals surface area contributed by atoms with Gasteiger partial charge in [0, 0.05) is 32.3 Å². The third kappa shape index (κ3) is 4.68. The van der Waals surface area contributed by atoms with E-state index in [-0.39, 0.29) is 29.7 Å². The van der Waals surface area contributed by atoms with E-state index < -0.39 is 10.0 Å². The van der Waals surface area contributed by atoms with E-state index in [1.807, 2.05) is 31.2 Å². The number of ether oxygens (including phenoxy) is 1. The maximum atomic E-state index is 12.8. The highest BCUT2D eigenvalue weighted by Gasteiger charge is 2.33. The summed E-state index contributed by atoms with van der Waals surface area (Å²) in [6.45, 7) is 6.83. The molecule has 0 radical (unpaired) electrons. The summed E-state index contributed by atoms with van der Waals surface area (Å²) in [5, 5.41) is 3.73. The SMILES string of the molecule is CCOc1ccc(/C=C/C(=O)N2CCN(S(=O)(=O)c3c(C)noc3C)CC2)cc1. The zero-order chi connectivity index (χ0) is 21.0. The van der Waals surface area contributed by atoms with Gasteiger partial charge in [0.1, 0.15) is 16.3 Å². The zero-order valence-electron chi connectivity index (χ0n) is 16.8. The van der Waals surface area contributed by atoms with Gasteiger partial charge in [-0.15, -0.1) is 0 Å². The molecule has 156 valence electrons. The molecule has 2 heterocycles. The largest absolute Gasteiger partial charge is 0.494 e. The van der Waals surface area contributed by atoms with Crippen molar-refractivity contribution < 1.29 is 22.5 Å². The van der Waals surface area contributed by atoms with Gasteiger partial charge in [-0.2, -0.15) is 4.31 Å². The highest BCUT2D eigenvalue weighted by molar-refractivity contribution is 7.89. The maximum Gasteiger partial charge on any atom is 0.248 e. The second-order valence-electron chi connectivity index (χ2n) is 6.72. The van der Waals surface area contributed by atoms with Gasteiger partial charge in [-0.1, -0.05) is 17.3 Å². The molecule has 1 amide bonds. The van der Waals surface area contributed by atoms with Gasteiger partial charge >= 0.3 is 0 Å². The fourth-order valence-corrected chi connectivity index (χ4v) is 4.95. The number of aromatic nitrogens is 1. The molecule has 0 N–H and O–H groups in total. The number of hydrogen-bond donors (Lipinski definition) is 0. The summed E-state index contributed by atoms with van der Waals surface area (Å²) < 4.78 is 37.5. The van der Waals surface area contributed by atoms with E-state index >= 15 is 0 Å². The molecule has 1 aliphatic heterocycles. The molecule has 2 aromatic rings. The third-order valence-corrected chi connectivity index (χ3v) is 6.87. The molecular weight excluding hydrogens is 394 g/mol. The lowest BCUT2D eigenvalue weighted by atomic mass is 10.2. The maximum absolute atomic E-state index is 12.8. The molecule has 1 aliphatic rings. The topological polar surface area (TPSA) is 93.0 Å². The molecule has 0 spiro atoms. The molecule has 1 aromatic heterocycles. The lowest BCUT2D eigenvalue weighted by Crippen LogP contribution is -2.50. The average Bonchev–Trinajstić information content (AvgIpc) is 3.06. The Morgan fingerprint density at radius 3 is 2.38 bits per heavy atom. The van der Waals surface area contributed by atoms with E-state index in [0.717, 1.165) is 11.3 Å². The Balaban J connectivity index is 1.59. The van der Waals surface area contributed by atoms with Crippen LogP contribution in [0.1, 0.15) is 23.9 Å². The standard InChI is InChI=1S/C20H25N3O5S/c1-4-27-18-8-5-17(6-9-18)7-10-19(24)22-11-13-23(14-12-22)29(25,26)20-15(2)21-28-16(20)3/h5-10H,4,11-14H2,1-3H3/b10-7+. The van der Waals surface area contributed by atoms with E-state index in [0.29, 0.717) is 25.4 Å². The van der Waals surface area contributed by atoms with Crippen LogP contribution in [-0.4, -0.2) is 61.5 Å². The average molecular weight is 420 g/mol. The molecule has 1 aromatic carbocycles. The number of benzene rings is 1. The van der Waals surface area contributed by atoms with Crippen molar-refractivity contribution in [3.63, 3.8) is 0 Å². The van der Waals surface area contributed by atoms with E-state index in [4.69, 9.17) is 9.26 Å². The van der Waals surface area contributed by atoms with Crippen LogP contribution in [0.4, 0.5) is 0 Å². The first-order valence-corrected chi connectivity index (χ1v) is 10.9. The van der Waals surface area contributed by atoms with Gasteiger partial charge in [0.15, 0.2) is 5.76 Å². The number of piperazine rings is 1. The molecular formula is C20H25N3O5S. The van der Waals surface area contributed by atoms with Crippen LogP contribution >= 0.6 is 0 Å². The minimum absolute atomic E-state index is 0.118. The van der Waals surface area contributed by atoms with Crippen LogP contribution < -0.4 is 4.74 Å². The molecule has 8 nitrogen and oxygen atoms in total. The number of sulfonamides is 1. The van der Waals surface area contributed by atoms with Crippen molar-refractivity contribution in [3.8, 4) is 5.75 Å². The van der Waals surface area contributed by atoms with Gasteiger partial charge in [0.05, 0.1) is 6.61 Å². The molecule has 0 atom stereocenters. The normalized spacial score (nSPS) is 15.8. The number of carbonyl (C=O) groups is 1. The minimum Gasteiger partial charge on any atom is -0.494 e. The van der Waals surface area contributed by atoms with Crippen molar-refractivity contribution >= 4 is 22.0 Å². The number of rotatable bonds is 6. The Bertz CT molecular complexity index is 968. The van der Waals surface area contributed by atoms with Crippen molar-refractivity contribution in [2.45, 2.75) is 25.7 Å². The Hall–Kier alpha value is -2.65. The highest BCUT2D eigenvalue weighted by atomic mass is 32.2. The van der Waals surface area contributed by atoms with Crippen LogP contribution in [0, 0.1) is 13.8 Å². The van der Waals surface area contributed by atoms with Crippen LogP contribution in [0.2, 0.25) is 0 Å². The predicted molar refractivity (Wildman–Crippen MR) is 108 cm³/mol. The monoisotopic (exact) mass is 419 g/mol. The zero-order valence-corrected chi connectivity index (χ0v) is 17.6. The summed E-state index contributed by atoms with van der Waals surface area (Å²) in [5.74, 6) is 0.916. The first kappa shape index (κ1) is 21.1. The van der Waals surface area contributed by atoms with E-state index in [1.165, 1.54) is 10.4 Å². The predicted octanol–water partition coefficient (Wildman–Crippen LogP) is 2.24. The number of carbonyl (C=O) groups excluding carboxylic acids is 1. The van der Waals surface area contributed by atoms with Crippen LogP contribution in [0.15, 0.2) is 39.8 Å². The van der Waals surface area contributed by atoms with Crippen molar-refractivity contribution in [1.29, 1.82) is 0 Å². The lowest BCUT2D eigenvalue weighted by Gasteiger charge is -2.33. The van der Waals surface area contributed by atoms with Crippen LogP contribution in [0.5, 0.6) is 5.75 Å². The third-order valence-electron chi connectivity index (χ3n) is 4.73. The second kappa shape index (κ2) is 8.79. The molecule has 0 saturated carbocycles. The summed E-state index contributed by atoms with van der Waals surface area (Å²) in [6.07, 6.45) is 3.25. The quantitative estimate of drug-likeness (QED) is 0.667. The second-order valence-corrected chi connectivity index (χ2v) is 8.59. The highest BCUT2D eigenvalue weighted by Crippen LogP contribution is 2.24. The molecule has 29 heavy (non-hydrogen) atoms. The van der Waals surface area contributed by atoms with Gasteiger partial charge < -0.3 is 14.2 Å². The van der Waals surface area contributed by atoms with E-state index in [2.05, 4.69) is 5.16 Å².